The van der Waals surface area contributed by atoms with Gasteiger partial charge in [0.25, 0.3) is 6.01 Å². The summed E-state index contributed by atoms with van der Waals surface area (Å²) in [6, 6.07) is 4.75. The lowest BCUT2D eigenvalue weighted by Gasteiger charge is -1.94. The van der Waals surface area contributed by atoms with Gasteiger partial charge >= 0.3 is 5.97 Å². The van der Waals surface area contributed by atoms with Crippen molar-refractivity contribution >= 4 is 23.1 Å². The minimum absolute atomic E-state index is 0.147. The Hall–Kier alpha value is -2.90. The molecule has 2 aromatic heterocycles. The van der Waals surface area contributed by atoms with Crippen molar-refractivity contribution in [2.24, 2.45) is 0 Å². The van der Waals surface area contributed by atoms with E-state index in [0.717, 1.165) is 0 Å². The number of oxazole rings is 1. The van der Waals surface area contributed by atoms with Crippen LogP contribution >= 0.6 is 0 Å². The summed E-state index contributed by atoms with van der Waals surface area (Å²) in [7, 11) is 0. The fourth-order valence-corrected chi connectivity index (χ4v) is 1.70. The molecule has 3 aromatic rings. The molecule has 0 unspecified atom stereocenters. The van der Waals surface area contributed by atoms with Gasteiger partial charge in [-0.25, -0.2) is 4.79 Å². The van der Waals surface area contributed by atoms with Crippen molar-refractivity contribution in [1.82, 2.24) is 15.1 Å². The highest BCUT2D eigenvalue weighted by Crippen LogP contribution is 2.20. The molecule has 0 spiro atoms. The van der Waals surface area contributed by atoms with Crippen LogP contribution < -0.4 is 5.32 Å². The molecule has 20 heavy (non-hydrogen) atoms. The molecule has 0 fully saturated rings. The summed E-state index contributed by atoms with van der Waals surface area (Å²) in [5.74, 6) is -0.0541. The fraction of sp³-hybridized carbons (Fsp3) is 0.167. The van der Waals surface area contributed by atoms with E-state index in [4.69, 9.17) is 14.0 Å². The van der Waals surface area contributed by atoms with Crippen LogP contribution in [0.5, 0.6) is 0 Å². The number of nitrogens with one attached hydrogen (secondary N) is 1. The number of carboxylic acid groups (broad SMARTS) is 1. The minimum Gasteiger partial charge on any atom is -0.478 e. The normalized spacial score (nSPS) is 10.8. The second-order valence-electron chi connectivity index (χ2n) is 4.09. The van der Waals surface area contributed by atoms with Crippen molar-refractivity contribution < 1.29 is 18.8 Å². The lowest BCUT2D eigenvalue weighted by atomic mass is 10.2. The highest BCUT2D eigenvalue weighted by atomic mass is 16.5. The van der Waals surface area contributed by atoms with Crippen molar-refractivity contribution in [2.45, 2.75) is 13.5 Å². The summed E-state index contributed by atoms with van der Waals surface area (Å²) in [5, 5.41) is 15.5. The van der Waals surface area contributed by atoms with Gasteiger partial charge in [0.2, 0.25) is 5.89 Å². The number of hydrogen-bond donors (Lipinski definition) is 2. The molecular weight excluding hydrogens is 264 g/mol. The molecule has 0 aliphatic carbocycles. The highest BCUT2D eigenvalue weighted by Gasteiger charge is 2.10. The lowest BCUT2D eigenvalue weighted by Crippen LogP contribution is -2.01. The van der Waals surface area contributed by atoms with E-state index in [1.807, 2.05) is 0 Å². The monoisotopic (exact) mass is 274 g/mol. The topological polar surface area (TPSA) is 114 Å². The zero-order valence-corrected chi connectivity index (χ0v) is 10.5. The Labute approximate surface area is 112 Å². The van der Waals surface area contributed by atoms with Crippen LogP contribution in [-0.2, 0) is 6.54 Å². The number of carboxylic acids is 1. The number of fused-ring (bicyclic) bond motifs is 1. The van der Waals surface area contributed by atoms with E-state index < -0.39 is 5.97 Å². The van der Waals surface area contributed by atoms with Crippen molar-refractivity contribution in [1.29, 1.82) is 0 Å². The molecular formula is C12H10N4O4. The van der Waals surface area contributed by atoms with Gasteiger partial charge in [-0.15, -0.1) is 0 Å². The summed E-state index contributed by atoms with van der Waals surface area (Å²) >= 11 is 0. The first-order chi connectivity index (χ1) is 9.61. The van der Waals surface area contributed by atoms with E-state index >= 15 is 0 Å². The number of hydrogen-bond acceptors (Lipinski definition) is 7. The largest absolute Gasteiger partial charge is 0.478 e. The first kappa shape index (κ1) is 12.2. The Morgan fingerprint density at radius 3 is 2.95 bits per heavy atom. The van der Waals surface area contributed by atoms with Crippen LogP contribution in [0, 0.1) is 6.92 Å². The van der Waals surface area contributed by atoms with Crippen LogP contribution in [0.4, 0.5) is 6.01 Å². The number of nitrogens with zero attached hydrogens (tertiary/aromatic N) is 3. The maximum absolute atomic E-state index is 10.9. The molecule has 0 aliphatic rings. The number of anilines is 1. The molecule has 102 valence electrons. The van der Waals surface area contributed by atoms with Crippen molar-refractivity contribution in [3.8, 4) is 0 Å². The fourth-order valence-electron chi connectivity index (χ4n) is 1.70. The molecule has 0 bridgehead atoms. The van der Waals surface area contributed by atoms with Crippen LogP contribution in [0.1, 0.15) is 22.1 Å². The molecule has 0 radical (unpaired) electrons. The maximum atomic E-state index is 10.9. The maximum Gasteiger partial charge on any atom is 0.335 e. The standard InChI is InChI=1S/C12H10N4O4/c1-6-14-10(16-20-6)5-13-12-15-8-3-2-7(11(17)18)4-9(8)19-12/h2-4H,5H2,1H3,(H,13,15)(H,17,18). The Kier molecular flexibility index (Phi) is 2.82. The van der Waals surface area contributed by atoms with E-state index in [0.29, 0.717) is 29.4 Å². The Morgan fingerprint density at radius 2 is 2.25 bits per heavy atom. The summed E-state index contributed by atoms with van der Waals surface area (Å²) in [6.07, 6.45) is 0. The highest BCUT2D eigenvalue weighted by molar-refractivity contribution is 5.92. The van der Waals surface area contributed by atoms with Gasteiger partial charge < -0.3 is 19.4 Å². The lowest BCUT2D eigenvalue weighted by molar-refractivity contribution is 0.0697. The number of aromatic carboxylic acids is 1. The second-order valence-corrected chi connectivity index (χ2v) is 4.09. The SMILES string of the molecule is Cc1nc(CNc2nc3ccc(C(=O)O)cc3o2)no1. The molecule has 2 N–H and O–H groups in total. The number of aryl methyl sites for hydroxylation is 1. The summed E-state index contributed by atoms with van der Waals surface area (Å²) in [6.45, 7) is 2.00. The number of benzene rings is 1. The summed E-state index contributed by atoms with van der Waals surface area (Å²) in [4.78, 5) is 19.1. The predicted molar refractivity (Wildman–Crippen MR) is 67.3 cm³/mol. The van der Waals surface area contributed by atoms with Gasteiger partial charge in [0.1, 0.15) is 5.52 Å². The zero-order chi connectivity index (χ0) is 14.1. The van der Waals surface area contributed by atoms with E-state index in [1.54, 1.807) is 13.0 Å². The van der Waals surface area contributed by atoms with Gasteiger partial charge in [-0.1, -0.05) is 5.16 Å². The first-order valence-electron chi connectivity index (χ1n) is 5.79. The van der Waals surface area contributed by atoms with Gasteiger partial charge in [-0.05, 0) is 18.2 Å². The third kappa shape index (κ3) is 2.30. The zero-order valence-electron chi connectivity index (χ0n) is 10.5. The molecule has 2 heterocycles. The number of rotatable bonds is 4. The van der Waals surface area contributed by atoms with Gasteiger partial charge in [0.15, 0.2) is 11.4 Å². The van der Waals surface area contributed by atoms with E-state index in [9.17, 15) is 4.79 Å². The molecule has 0 amide bonds. The third-order valence-corrected chi connectivity index (χ3v) is 2.60. The predicted octanol–water partition coefficient (Wildman–Crippen LogP) is 1.83. The molecule has 0 aliphatic heterocycles. The molecule has 3 rings (SSSR count). The van der Waals surface area contributed by atoms with E-state index in [-0.39, 0.29) is 11.6 Å². The van der Waals surface area contributed by atoms with Crippen molar-refractivity contribution in [2.75, 3.05) is 5.32 Å². The Bertz CT molecular complexity index is 777. The molecule has 8 heteroatoms. The van der Waals surface area contributed by atoms with Crippen molar-refractivity contribution in [3.05, 3.63) is 35.5 Å². The van der Waals surface area contributed by atoms with Gasteiger partial charge in [0.05, 0.1) is 12.1 Å². The molecule has 1 aromatic carbocycles. The van der Waals surface area contributed by atoms with Crippen molar-refractivity contribution in [3.63, 3.8) is 0 Å². The van der Waals surface area contributed by atoms with Gasteiger partial charge in [-0.2, -0.15) is 9.97 Å². The molecule has 0 atom stereocenters. The second kappa shape index (κ2) is 4.65. The summed E-state index contributed by atoms with van der Waals surface area (Å²) in [5.41, 5.74) is 1.12. The molecule has 0 saturated carbocycles. The van der Waals surface area contributed by atoms with E-state index in [1.165, 1.54) is 12.1 Å². The van der Waals surface area contributed by atoms with Crippen LogP contribution in [0.3, 0.4) is 0 Å². The Morgan fingerprint density at radius 1 is 1.40 bits per heavy atom. The number of carbonyl (C=O) groups is 1. The number of aromatic nitrogens is 3. The van der Waals surface area contributed by atoms with Crippen LogP contribution in [0.25, 0.3) is 11.1 Å². The van der Waals surface area contributed by atoms with Gasteiger partial charge in [-0.3, -0.25) is 0 Å². The average Bonchev–Trinajstić information content (AvgIpc) is 3.00. The van der Waals surface area contributed by atoms with Gasteiger partial charge in [0, 0.05) is 6.92 Å². The van der Waals surface area contributed by atoms with Crippen LogP contribution in [-0.4, -0.2) is 26.2 Å². The summed E-state index contributed by atoms with van der Waals surface area (Å²) < 4.78 is 10.3. The average molecular weight is 274 g/mol. The molecule has 8 nitrogen and oxygen atoms in total. The smallest absolute Gasteiger partial charge is 0.335 e. The quantitative estimate of drug-likeness (QED) is 0.740. The van der Waals surface area contributed by atoms with Crippen LogP contribution in [0.15, 0.2) is 27.1 Å². The van der Waals surface area contributed by atoms with E-state index in [2.05, 4.69) is 20.4 Å². The third-order valence-electron chi connectivity index (χ3n) is 2.60. The minimum atomic E-state index is -1.01. The van der Waals surface area contributed by atoms with Crippen LogP contribution in [0.2, 0.25) is 0 Å². The first-order valence-corrected chi connectivity index (χ1v) is 5.79. The molecule has 0 saturated heterocycles. The Balaban J connectivity index is 1.80.